The Morgan fingerprint density at radius 2 is 1.86 bits per heavy atom. The highest BCUT2D eigenvalue weighted by atomic mass is 35.5. The fraction of sp³-hybridized carbons (Fsp3) is 0.474. The average Bonchev–Trinajstić information content (AvgIpc) is 3.09. The van der Waals surface area contributed by atoms with Gasteiger partial charge in [0.15, 0.2) is 0 Å². The Morgan fingerprint density at radius 1 is 1.21 bits per heavy atom. The molecule has 0 saturated heterocycles. The summed E-state index contributed by atoms with van der Waals surface area (Å²) in [6.07, 6.45) is 0. The van der Waals surface area contributed by atoms with Crippen LogP contribution in [0.1, 0.15) is 56.7 Å². The Bertz CT molecular complexity index is 950. The maximum absolute atomic E-state index is 12.8. The van der Waals surface area contributed by atoms with E-state index in [1.54, 1.807) is 24.6 Å². The van der Waals surface area contributed by atoms with Crippen molar-refractivity contribution in [2.45, 2.75) is 52.0 Å². The molecule has 0 unspecified atom stereocenters. The molecular formula is C19H27ClN4O3S. The third kappa shape index (κ3) is 4.56. The van der Waals surface area contributed by atoms with Gasteiger partial charge in [0.2, 0.25) is 10.0 Å². The topological polar surface area (TPSA) is 84.3 Å². The van der Waals surface area contributed by atoms with Gasteiger partial charge in [-0.25, -0.2) is 8.42 Å². The van der Waals surface area contributed by atoms with Gasteiger partial charge < -0.3 is 5.32 Å². The first kappa shape index (κ1) is 22.4. The molecule has 1 amide bonds. The lowest BCUT2D eigenvalue weighted by molar-refractivity contribution is 0.101. The molecule has 0 radical (unpaired) electrons. The summed E-state index contributed by atoms with van der Waals surface area (Å²) in [6, 6.07) is 6.06. The molecule has 1 aromatic heterocycles. The molecule has 154 valence electrons. The zero-order chi connectivity index (χ0) is 21.1. The number of benzene rings is 1. The first-order chi connectivity index (χ1) is 13.1. The number of nitrogens with zero attached hydrogens (tertiary/aromatic N) is 3. The first-order valence-corrected chi connectivity index (χ1v) is 11.2. The number of nitrogens with one attached hydrogen (secondary N) is 1. The molecule has 9 heteroatoms. The highest BCUT2D eigenvalue weighted by molar-refractivity contribution is 7.89. The van der Waals surface area contributed by atoms with Crippen molar-refractivity contribution in [1.29, 1.82) is 0 Å². The van der Waals surface area contributed by atoms with Gasteiger partial charge in [0.1, 0.15) is 5.69 Å². The van der Waals surface area contributed by atoms with E-state index in [0.29, 0.717) is 25.3 Å². The van der Waals surface area contributed by atoms with Gasteiger partial charge in [0.05, 0.1) is 21.3 Å². The maximum Gasteiger partial charge on any atom is 0.273 e. The van der Waals surface area contributed by atoms with Crippen LogP contribution in [-0.2, 0) is 16.6 Å². The van der Waals surface area contributed by atoms with Gasteiger partial charge in [-0.15, -0.1) is 0 Å². The summed E-state index contributed by atoms with van der Waals surface area (Å²) in [6.45, 7) is 10.7. The Kier molecular flexibility index (Phi) is 7.25. The number of carbonyl (C=O) groups is 1. The SMILES string of the molecule is CCN(CC)S(=O)(=O)c1ccc(Cl)c(NC(=O)c2cc(C(C)C)nn2CC)c1. The van der Waals surface area contributed by atoms with E-state index in [-0.39, 0.29) is 27.4 Å². The molecule has 0 fully saturated rings. The van der Waals surface area contributed by atoms with E-state index in [1.807, 2.05) is 20.8 Å². The van der Waals surface area contributed by atoms with Crippen LogP contribution in [0.2, 0.25) is 5.02 Å². The van der Waals surface area contributed by atoms with E-state index < -0.39 is 10.0 Å². The molecule has 28 heavy (non-hydrogen) atoms. The zero-order valence-electron chi connectivity index (χ0n) is 16.9. The molecule has 0 bridgehead atoms. The van der Waals surface area contributed by atoms with Crippen LogP contribution in [-0.4, -0.2) is 41.5 Å². The van der Waals surface area contributed by atoms with Crippen molar-refractivity contribution in [2.75, 3.05) is 18.4 Å². The lowest BCUT2D eigenvalue weighted by Crippen LogP contribution is -2.30. The first-order valence-electron chi connectivity index (χ1n) is 9.34. The molecule has 2 rings (SSSR count). The quantitative estimate of drug-likeness (QED) is 0.692. The van der Waals surface area contributed by atoms with Gasteiger partial charge in [0.25, 0.3) is 5.91 Å². The normalized spacial score (nSPS) is 12.0. The Morgan fingerprint density at radius 3 is 2.39 bits per heavy atom. The molecule has 1 heterocycles. The Labute approximate surface area is 171 Å². The van der Waals surface area contributed by atoms with Crippen molar-refractivity contribution in [1.82, 2.24) is 14.1 Å². The smallest absolute Gasteiger partial charge is 0.273 e. The second-order valence-corrected chi connectivity index (χ2v) is 8.96. The van der Waals surface area contributed by atoms with Crippen LogP contribution in [0.15, 0.2) is 29.2 Å². The number of aryl methyl sites for hydroxylation is 1. The monoisotopic (exact) mass is 426 g/mol. The van der Waals surface area contributed by atoms with Crippen LogP contribution in [0.3, 0.4) is 0 Å². The van der Waals surface area contributed by atoms with Crippen molar-refractivity contribution < 1.29 is 13.2 Å². The van der Waals surface area contributed by atoms with Crippen molar-refractivity contribution in [3.8, 4) is 0 Å². The standard InChI is InChI=1S/C19H27ClN4O3S/c1-6-23(7-2)28(26,27)14-9-10-15(20)17(11-14)21-19(25)18-12-16(13(4)5)22-24(18)8-3/h9-13H,6-8H2,1-5H3,(H,21,25). The predicted octanol–water partition coefficient (Wildman–Crippen LogP) is 3.96. The number of hydrogen-bond donors (Lipinski definition) is 1. The van der Waals surface area contributed by atoms with Gasteiger partial charge in [-0.1, -0.05) is 39.3 Å². The van der Waals surface area contributed by atoms with Crippen molar-refractivity contribution in [3.05, 3.63) is 40.7 Å². The van der Waals surface area contributed by atoms with Gasteiger partial charge in [-0.2, -0.15) is 9.40 Å². The van der Waals surface area contributed by atoms with Crippen molar-refractivity contribution in [3.63, 3.8) is 0 Å². The predicted molar refractivity (Wildman–Crippen MR) is 112 cm³/mol. The van der Waals surface area contributed by atoms with Crippen LogP contribution in [0, 0.1) is 0 Å². The number of hydrogen-bond acceptors (Lipinski definition) is 4. The number of carbonyl (C=O) groups excluding carboxylic acids is 1. The van der Waals surface area contributed by atoms with E-state index in [0.717, 1.165) is 5.69 Å². The number of rotatable bonds is 8. The van der Waals surface area contributed by atoms with E-state index in [1.165, 1.54) is 22.5 Å². The number of halogens is 1. The largest absolute Gasteiger partial charge is 0.319 e. The fourth-order valence-electron chi connectivity index (χ4n) is 2.80. The second-order valence-electron chi connectivity index (χ2n) is 6.61. The summed E-state index contributed by atoms with van der Waals surface area (Å²) >= 11 is 6.21. The Hall–Kier alpha value is -1.90. The van der Waals surface area contributed by atoms with E-state index in [9.17, 15) is 13.2 Å². The minimum Gasteiger partial charge on any atom is -0.319 e. The highest BCUT2D eigenvalue weighted by Crippen LogP contribution is 2.27. The van der Waals surface area contributed by atoms with E-state index >= 15 is 0 Å². The van der Waals surface area contributed by atoms with Crippen molar-refractivity contribution in [2.24, 2.45) is 0 Å². The fourth-order valence-corrected chi connectivity index (χ4v) is 4.45. The molecule has 0 atom stereocenters. The summed E-state index contributed by atoms with van der Waals surface area (Å²) in [5, 5.41) is 7.42. The molecule has 7 nitrogen and oxygen atoms in total. The number of anilines is 1. The van der Waals surface area contributed by atoms with Crippen LogP contribution in [0.25, 0.3) is 0 Å². The molecule has 0 spiro atoms. The summed E-state index contributed by atoms with van der Waals surface area (Å²) in [7, 11) is -3.66. The second kappa shape index (κ2) is 9.07. The van der Waals surface area contributed by atoms with Crippen LogP contribution in [0.4, 0.5) is 5.69 Å². The summed E-state index contributed by atoms with van der Waals surface area (Å²) in [4.78, 5) is 12.9. The minimum atomic E-state index is -3.66. The highest BCUT2D eigenvalue weighted by Gasteiger charge is 2.23. The lowest BCUT2D eigenvalue weighted by atomic mass is 10.1. The molecule has 1 N–H and O–H groups in total. The van der Waals surface area contributed by atoms with Crippen LogP contribution in [0.5, 0.6) is 0 Å². The summed E-state index contributed by atoms with van der Waals surface area (Å²) in [5.74, 6) is -0.203. The Balaban J connectivity index is 2.38. The average molecular weight is 427 g/mol. The van der Waals surface area contributed by atoms with Gasteiger partial charge >= 0.3 is 0 Å². The van der Waals surface area contributed by atoms with Gasteiger partial charge in [0, 0.05) is 19.6 Å². The van der Waals surface area contributed by atoms with Crippen LogP contribution >= 0.6 is 11.6 Å². The minimum absolute atomic E-state index is 0.0859. The molecule has 0 aliphatic heterocycles. The van der Waals surface area contributed by atoms with Gasteiger partial charge in [-0.3, -0.25) is 9.48 Å². The number of sulfonamides is 1. The number of aromatic nitrogens is 2. The lowest BCUT2D eigenvalue weighted by Gasteiger charge is -2.19. The van der Waals surface area contributed by atoms with E-state index in [2.05, 4.69) is 10.4 Å². The molecule has 1 aromatic carbocycles. The molecular weight excluding hydrogens is 400 g/mol. The molecule has 0 aliphatic rings. The third-order valence-electron chi connectivity index (χ3n) is 4.45. The van der Waals surface area contributed by atoms with Crippen molar-refractivity contribution >= 4 is 33.2 Å². The molecule has 0 saturated carbocycles. The number of amides is 1. The molecule has 2 aromatic rings. The van der Waals surface area contributed by atoms with E-state index in [4.69, 9.17) is 11.6 Å². The zero-order valence-corrected chi connectivity index (χ0v) is 18.4. The third-order valence-corrected chi connectivity index (χ3v) is 6.83. The summed E-state index contributed by atoms with van der Waals surface area (Å²) in [5.41, 5.74) is 1.46. The summed E-state index contributed by atoms with van der Waals surface area (Å²) < 4.78 is 28.5. The molecule has 0 aliphatic carbocycles. The van der Waals surface area contributed by atoms with Crippen LogP contribution < -0.4 is 5.32 Å². The maximum atomic E-state index is 12.8. The van der Waals surface area contributed by atoms with Gasteiger partial charge in [-0.05, 0) is 37.1 Å².